The van der Waals surface area contributed by atoms with Gasteiger partial charge in [0.1, 0.15) is 5.00 Å². The maximum Gasteiger partial charge on any atom is 0.341 e. The van der Waals surface area contributed by atoms with Crippen molar-refractivity contribution in [2.75, 3.05) is 30.1 Å². The molecule has 2 N–H and O–H groups in total. The molecule has 1 fully saturated rings. The smallest absolute Gasteiger partial charge is 0.341 e. The van der Waals surface area contributed by atoms with E-state index in [0.717, 1.165) is 28.4 Å². The van der Waals surface area contributed by atoms with Gasteiger partial charge in [-0.05, 0) is 32.3 Å². The van der Waals surface area contributed by atoms with Crippen LogP contribution < -0.4 is 10.6 Å². The number of hydrogen-bond donors (Lipinski definition) is 2. The van der Waals surface area contributed by atoms with E-state index in [1.54, 1.807) is 6.92 Å². The minimum absolute atomic E-state index is 0.0238. The normalized spacial score (nSPS) is 14.1. The maximum atomic E-state index is 12.2. The topological polar surface area (TPSA) is 120 Å². The van der Waals surface area contributed by atoms with E-state index in [1.165, 1.54) is 60.8 Å². The third-order valence-corrected chi connectivity index (χ3v) is 8.13. The van der Waals surface area contributed by atoms with Crippen LogP contribution in [0.3, 0.4) is 0 Å². The van der Waals surface area contributed by atoms with E-state index in [1.807, 2.05) is 6.92 Å². The fourth-order valence-corrected chi connectivity index (χ4v) is 5.97. The molecule has 1 aliphatic carbocycles. The number of nitrogens with zero attached hydrogens (tertiary/aromatic N) is 2. The molecule has 2 heterocycles. The van der Waals surface area contributed by atoms with E-state index >= 15 is 0 Å². The molecule has 12 heteroatoms. The van der Waals surface area contributed by atoms with Gasteiger partial charge in [-0.15, -0.1) is 21.5 Å². The summed E-state index contributed by atoms with van der Waals surface area (Å²) in [7, 11) is 1.28. The fraction of sp³-hybridized carbons (Fsp3) is 0.550. The van der Waals surface area contributed by atoms with Gasteiger partial charge in [-0.3, -0.25) is 9.59 Å². The van der Waals surface area contributed by atoms with Gasteiger partial charge in [0.15, 0.2) is 10.9 Å². The standard InChI is InChI=1S/C20H26N4O5S3/c1-11-12(2)31-17(16(11)18(27)28-3)22-14(25)9-29-15(26)10-30-20-24-23-19(32-20)21-13-7-5-4-6-8-13/h13H,4-10H2,1-3H3,(H,21,23)(H,22,25). The molecular weight excluding hydrogens is 472 g/mol. The molecule has 0 unspecified atom stereocenters. The van der Waals surface area contributed by atoms with Crippen molar-refractivity contribution in [3.05, 3.63) is 16.0 Å². The second-order valence-corrected chi connectivity index (χ2v) is 10.8. The highest BCUT2D eigenvalue weighted by molar-refractivity contribution is 8.01. The van der Waals surface area contributed by atoms with Crippen LogP contribution in [0.2, 0.25) is 0 Å². The Labute approximate surface area is 198 Å². The largest absolute Gasteiger partial charge is 0.465 e. The lowest BCUT2D eigenvalue weighted by Crippen LogP contribution is -2.22. The Morgan fingerprint density at radius 2 is 1.88 bits per heavy atom. The zero-order chi connectivity index (χ0) is 23.1. The molecular formula is C20H26N4O5S3. The predicted octanol–water partition coefficient (Wildman–Crippen LogP) is 4.02. The summed E-state index contributed by atoms with van der Waals surface area (Å²) < 4.78 is 10.5. The summed E-state index contributed by atoms with van der Waals surface area (Å²) in [6.45, 7) is 3.19. The summed E-state index contributed by atoms with van der Waals surface area (Å²) in [6, 6.07) is 0.439. The number of anilines is 2. The van der Waals surface area contributed by atoms with Crippen LogP contribution in [0.1, 0.15) is 52.9 Å². The zero-order valence-corrected chi connectivity index (χ0v) is 20.6. The molecule has 9 nitrogen and oxygen atoms in total. The van der Waals surface area contributed by atoms with Crippen LogP contribution in [0.15, 0.2) is 4.34 Å². The number of esters is 2. The molecule has 2 aromatic heterocycles. The summed E-state index contributed by atoms with van der Waals surface area (Å²) in [5, 5.41) is 15.4. The molecule has 0 bridgehead atoms. The number of thioether (sulfide) groups is 1. The lowest BCUT2D eigenvalue weighted by Gasteiger charge is -2.21. The third kappa shape index (κ3) is 6.66. The number of thiophene rings is 1. The molecule has 174 valence electrons. The first-order chi connectivity index (χ1) is 15.4. The highest BCUT2D eigenvalue weighted by Gasteiger charge is 2.22. The van der Waals surface area contributed by atoms with Gasteiger partial charge in [0.2, 0.25) is 5.13 Å². The summed E-state index contributed by atoms with van der Waals surface area (Å²) in [5.74, 6) is -1.56. The highest BCUT2D eigenvalue weighted by Crippen LogP contribution is 2.33. The fourth-order valence-electron chi connectivity index (χ4n) is 3.28. The summed E-state index contributed by atoms with van der Waals surface area (Å²) in [4.78, 5) is 37.1. The molecule has 0 radical (unpaired) electrons. The average molecular weight is 499 g/mol. The Morgan fingerprint density at radius 1 is 1.12 bits per heavy atom. The molecule has 1 aliphatic rings. The van der Waals surface area contributed by atoms with Crippen molar-refractivity contribution in [2.45, 2.75) is 56.3 Å². The molecule has 0 aliphatic heterocycles. The lowest BCUT2D eigenvalue weighted by atomic mass is 9.96. The van der Waals surface area contributed by atoms with Crippen LogP contribution in [0.5, 0.6) is 0 Å². The number of rotatable bonds is 9. The first kappa shape index (κ1) is 24.5. The molecule has 0 spiro atoms. The third-order valence-electron chi connectivity index (χ3n) is 5.04. The van der Waals surface area contributed by atoms with Crippen molar-refractivity contribution >= 4 is 62.4 Å². The van der Waals surface area contributed by atoms with Gasteiger partial charge >= 0.3 is 11.9 Å². The van der Waals surface area contributed by atoms with Crippen molar-refractivity contribution in [2.24, 2.45) is 0 Å². The number of hydrogen-bond acceptors (Lipinski definition) is 11. The van der Waals surface area contributed by atoms with E-state index in [2.05, 4.69) is 20.8 Å². The van der Waals surface area contributed by atoms with E-state index in [4.69, 9.17) is 9.47 Å². The van der Waals surface area contributed by atoms with Crippen molar-refractivity contribution in [3.63, 3.8) is 0 Å². The minimum atomic E-state index is -0.533. The Morgan fingerprint density at radius 3 is 2.59 bits per heavy atom. The monoisotopic (exact) mass is 498 g/mol. The number of nitrogens with one attached hydrogen (secondary N) is 2. The van der Waals surface area contributed by atoms with Gasteiger partial charge in [0, 0.05) is 10.9 Å². The molecule has 0 saturated heterocycles. The SMILES string of the molecule is COC(=O)c1c(NC(=O)COC(=O)CSc2nnc(NC3CCCCC3)s2)sc(C)c1C. The zero-order valence-electron chi connectivity index (χ0n) is 18.2. The molecule has 0 atom stereocenters. The Bertz CT molecular complexity index is 969. The van der Waals surface area contributed by atoms with Gasteiger partial charge in [-0.2, -0.15) is 0 Å². The quantitative estimate of drug-likeness (QED) is 0.390. The number of aromatic nitrogens is 2. The van der Waals surface area contributed by atoms with E-state index in [9.17, 15) is 14.4 Å². The van der Waals surface area contributed by atoms with Crippen molar-refractivity contribution < 1.29 is 23.9 Å². The van der Waals surface area contributed by atoms with Gasteiger partial charge in [0.25, 0.3) is 5.91 Å². The number of methoxy groups -OCH3 is 1. The molecule has 3 rings (SSSR count). The van der Waals surface area contributed by atoms with Crippen LogP contribution >= 0.6 is 34.4 Å². The summed E-state index contributed by atoms with van der Waals surface area (Å²) >= 11 is 3.90. The van der Waals surface area contributed by atoms with Crippen LogP contribution in [0, 0.1) is 13.8 Å². The van der Waals surface area contributed by atoms with Crippen molar-refractivity contribution in [1.29, 1.82) is 0 Å². The number of aryl methyl sites for hydroxylation is 1. The number of ether oxygens (including phenoxy) is 2. The lowest BCUT2D eigenvalue weighted by molar-refractivity contribution is -0.144. The molecule has 2 aromatic rings. The summed E-state index contributed by atoms with van der Waals surface area (Å²) in [5.41, 5.74) is 1.07. The Hall–Kier alpha value is -2.18. The molecule has 1 amide bonds. The molecule has 1 saturated carbocycles. The second kappa shape index (κ2) is 11.6. The number of amides is 1. The van der Waals surface area contributed by atoms with E-state index < -0.39 is 24.5 Å². The van der Waals surface area contributed by atoms with Crippen LogP contribution in [-0.4, -0.2) is 53.6 Å². The minimum Gasteiger partial charge on any atom is -0.465 e. The van der Waals surface area contributed by atoms with Crippen molar-refractivity contribution in [3.8, 4) is 0 Å². The molecule has 32 heavy (non-hydrogen) atoms. The first-order valence-corrected chi connectivity index (χ1v) is 12.9. The Kier molecular flexibility index (Phi) is 8.88. The molecule has 0 aromatic carbocycles. The average Bonchev–Trinajstić information content (AvgIpc) is 3.34. The predicted molar refractivity (Wildman–Crippen MR) is 126 cm³/mol. The number of carbonyl (C=O) groups is 3. The van der Waals surface area contributed by atoms with Crippen LogP contribution in [0.4, 0.5) is 10.1 Å². The van der Waals surface area contributed by atoms with Gasteiger partial charge in [0.05, 0.1) is 18.4 Å². The highest BCUT2D eigenvalue weighted by atomic mass is 32.2. The number of carbonyl (C=O) groups excluding carboxylic acids is 3. The van der Waals surface area contributed by atoms with Crippen LogP contribution in [0.25, 0.3) is 0 Å². The second-order valence-electron chi connectivity index (χ2n) is 7.33. The van der Waals surface area contributed by atoms with E-state index in [0.29, 0.717) is 20.9 Å². The Balaban J connectivity index is 1.42. The summed E-state index contributed by atoms with van der Waals surface area (Å²) in [6.07, 6.45) is 6.03. The van der Waals surface area contributed by atoms with Gasteiger partial charge in [-0.1, -0.05) is 42.4 Å². The maximum absolute atomic E-state index is 12.2. The van der Waals surface area contributed by atoms with Gasteiger partial charge < -0.3 is 20.1 Å². The first-order valence-electron chi connectivity index (χ1n) is 10.2. The van der Waals surface area contributed by atoms with Crippen molar-refractivity contribution in [1.82, 2.24) is 10.2 Å². The van der Waals surface area contributed by atoms with Gasteiger partial charge in [-0.25, -0.2) is 4.79 Å². The van der Waals surface area contributed by atoms with Crippen LogP contribution in [-0.2, 0) is 19.1 Å². The van der Waals surface area contributed by atoms with E-state index in [-0.39, 0.29) is 5.75 Å².